The molecule has 2 N–H and O–H groups in total. The average molecular weight is 355 g/mol. The number of hydrogen-bond acceptors (Lipinski definition) is 4. The molecule has 0 saturated heterocycles. The third kappa shape index (κ3) is 5.50. The Labute approximate surface area is 150 Å². The van der Waals surface area contributed by atoms with E-state index in [1.54, 1.807) is 12.1 Å². The Bertz CT molecular complexity index is 862. The van der Waals surface area contributed by atoms with Crippen molar-refractivity contribution in [3.63, 3.8) is 0 Å². The van der Waals surface area contributed by atoms with Crippen LogP contribution in [0, 0.1) is 24.0 Å². The summed E-state index contributed by atoms with van der Waals surface area (Å²) in [5.74, 6) is -0.422. The van der Waals surface area contributed by atoms with Crippen molar-refractivity contribution < 1.29 is 9.72 Å². The van der Waals surface area contributed by atoms with Crippen molar-refractivity contribution in [3.05, 3.63) is 75.3 Å². The van der Waals surface area contributed by atoms with Crippen LogP contribution in [-0.4, -0.2) is 15.9 Å². The number of hydrogen-bond donors (Lipinski definition) is 2. The number of amides is 1. The van der Waals surface area contributed by atoms with Gasteiger partial charge >= 0.3 is 0 Å². The van der Waals surface area contributed by atoms with Gasteiger partial charge in [-0.15, -0.1) is 0 Å². The van der Waals surface area contributed by atoms with Crippen molar-refractivity contribution in [2.45, 2.75) is 13.8 Å². The summed E-state index contributed by atoms with van der Waals surface area (Å²) in [7, 11) is 0. The Morgan fingerprint density at radius 1 is 1.20 bits per heavy atom. The fourth-order valence-electron chi connectivity index (χ4n) is 2.09. The van der Waals surface area contributed by atoms with Crippen LogP contribution in [0.1, 0.15) is 16.7 Å². The van der Waals surface area contributed by atoms with Gasteiger partial charge in [0.25, 0.3) is 5.69 Å². The third-order valence-corrected chi connectivity index (χ3v) is 3.59. The van der Waals surface area contributed by atoms with E-state index in [0.29, 0.717) is 5.56 Å². The van der Waals surface area contributed by atoms with Crippen molar-refractivity contribution in [2.24, 2.45) is 0 Å². The maximum absolute atomic E-state index is 11.9. The third-order valence-electron chi connectivity index (χ3n) is 3.39. The minimum atomic E-state index is -0.485. The number of carbonyl (C=O) groups excluding carboxylic acids is 1. The monoisotopic (exact) mass is 355 g/mol. The quantitative estimate of drug-likeness (QED) is 0.378. The second-order valence-electron chi connectivity index (χ2n) is 5.45. The molecule has 0 aliphatic carbocycles. The van der Waals surface area contributed by atoms with Crippen LogP contribution in [0.15, 0.2) is 48.5 Å². The molecule has 0 unspecified atom stereocenters. The molecule has 0 saturated carbocycles. The Hall–Kier alpha value is -3.06. The molecular formula is C18H17N3O3S. The second kappa shape index (κ2) is 8.16. The van der Waals surface area contributed by atoms with E-state index < -0.39 is 10.8 Å². The van der Waals surface area contributed by atoms with Gasteiger partial charge in [-0.25, -0.2) is 0 Å². The summed E-state index contributed by atoms with van der Waals surface area (Å²) in [5.41, 5.74) is 3.43. The molecule has 1 amide bonds. The van der Waals surface area contributed by atoms with Crippen molar-refractivity contribution >= 4 is 40.7 Å². The molecule has 0 heterocycles. The van der Waals surface area contributed by atoms with Gasteiger partial charge in [-0.3, -0.25) is 20.2 Å². The number of nitro benzene ring substituents is 1. The molecule has 2 aromatic rings. The zero-order valence-corrected chi connectivity index (χ0v) is 14.6. The summed E-state index contributed by atoms with van der Waals surface area (Å²) in [4.78, 5) is 22.2. The summed E-state index contributed by atoms with van der Waals surface area (Å²) >= 11 is 5.13. The van der Waals surface area contributed by atoms with Gasteiger partial charge in [0.05, 0.1) is 4.92 Å². The number of nitro groups is 1. The van der Waals surface area contributed by atoms with E-state index in [4.69, 9.17) is 12.2 Å². The molecular weight excluding hydrogens is 338 g/mol. The smallest absolute Gasteiger partial charge is 0.270 e. The molecule has 0 aromatic heterocycles. The Morgan fingerprint density at radius 2 is 1.96 bits per heavy atom. The van der Waals surface area contributed by atoms with Crippen molar-refractivity contribution in [3.8, 4) is 0 Å². The number of nitrogens with one attached hydrogen (secondary N) is 2. The maximum atomic E-state index is 11.9. The largest absolute Gasteiger partial charge is 0.332 e. The molecule has 7 heteroatoms. The van der Waals surface area contributed by atoms with Gasteiger partial charge in [0.15, 0.2) is 5.11 Å². The van der Waals surface area contributed by atoms with Crippen molar-refractivity contribution in [1.29, 1.82) is 0 Å². The normalized spacial score (nSPS) is 10.5. The predicted octanol–water partition coefficient (Wildman–Crippen LogP) is 3.74. The Balaban J connectivity index is 1.97. The highest BCUT2D eigenvalue weighted by atomic mass is 32.1. The number of benzene rings is 2. The van der Waals surface area contributed by atoms with Crippen LogP contribution in [0.3, 0.4) is 0 Å². The van der Waals surface area contributed by atoms with Gasteiger partial charge < -0.3 is 5.32 Å². The van der Waals surface area contributed by atoms with Gasteiger partial charge in [0.1, 0.15) is 0 Å². The highest BCUT2D eigenvalue weighted by Gasteiger charge is 2.06. The Morgan fingerprint density at radius 3 is 2.68 bits per heavy atom. The molecule has 0 aliphatic heterocycles. The van der Waals surface area contributed by atoms with Crippen LogP contribution in [0.4, 0.5) is 11.4 Å². The first-order chi connectivity index (χ1) is 11.8. The molecule has 0 radical (unpaired) electrons. The summed E-state index contributed by atoms with van der Waals surface area (Å²) < 4.78 is 0. The first-order valence-corrected chi connectivity index (χ1v) is 7.88. The lowest BCUT2D eigenvalue weighted by Gasteiger charge is -2.11. The summed E-state index contributed by atoms with van der Waals surface area (Å²) in [6.45, 7) is 3.91. The van der Waals surface area contributed by atoms with Crippen LogP contribution in [0.5, 0.6) is 0 Å². The first-order valence-electron chi connectivity index (χ1n) is 7.47. The minimum absolute atomic E-state index is 0.0327. The lowest BCUT2D eigenvalue weighted by molar-refractivity contribution is -0.384. The number of aryl methyl sites for hydroxylation is 2. The molecule has 0 spiro atoms. The first kappa shape index (κ1) is 18.3. The van der Waals surface area contributed by atoms with E-state index in [-0.39, 0.29) is 10.8 Å². The summed E-state index contributed by atoms with van der Waals surface area (Å²) in [5, 5.41) is 16.4. The Kier molecular flexibility index (Phi) is 5.97. The highest BCUT2D eigenvalue weighted by Crippen LogP contribution is 2.16. The van der Waals surface area contributed by atoms with Gasteiger partial charge in [-0.1, -0.05) is 24.3 Å². The molecule has 25 heavy (non-hydrogen) atoms. The molecule has 2 aromatic carbocycles. The second-order valence-corrected chi connectivity index (χ2v) is 5.86. The van der Waals surface area contributed by atoms with E-state index >= 15 is 0 Å². The number of non-ortho nitro benzene ring substituents is 1. The van der Waals surface area contributed by atoms with Crippen LogP contribution in [0.2, 0.25) is 0 Å². The lowest BCUT2D eigenvalue weighted by atomic mass is 10.1. The van der Waals surface area contributed by atoms with Crippen molar-refractivity contribution in [2.75, 3.05) is 5.32 Å². The predicted molar refractivity (Wildman–Crippen MR) is 102 cm³/mol. The SMILES string of the molecule is Cc1ccc(C)c(NC(=S)NC(=O)/C=C/c2cccc([N+](=O)[O-])c2)c1. The van der Waals surface area contributed by atoms with Gasteiger partial charge in [-0.05, 0) is 54.9 Å². The van der Waals surface area contributed by atoms with Gasteiger partial charge in [0.2, 0.25) is 5.91 Å². The molecule has 0 bridgehead atoms. The number of nitrogens with zero attached hydrogens (tertiary/aromatic N) is 1. The van der Waals surface area contributed by atoms with E-state index in [9.17, 15) is 14.9 Å². The van der Waals surface area contributed by atoms with E-state index in [1.807, 2.05) is 32.0 Å². The minimum Gasteiger partial charge on any atom is -0.332 e. The van der Waals surface area contributed by atoms with Crippen LogP contribution in [0.25, 0.3) is 6.08 Å². The zero-order valence-electron chi connectivity index (χ0n) is 13.8. The molecule has 0 atom stereocenters. The van der Waals surface area contributed by atoms with E-state index in [1.165, 1.54) is 24.3 Å². The van der Waals surface area contributed by atoms with Gasteiger partial charge in [0, 0.05) is 23.9 Å². The number of anilines is 1. The lowest BCUT2D eigenvalue weighted by Crippen LogP contribution is -2.33. The fraction of sp³-hybridized carbons (Fsp3) is 0.111. The summed E-state index contributed by atoms with van der Waals surface area (Å²) in [6, 6.07) is 11.9. The number of rotatable bonds is 4. The van der Waals surface area contributed by atoms with Crippen LogP contribution >= 0.6 is 12.2 Å². The van der Waals surface area contributed by atoms with Gasteiger partial charge in [-0.2, -0.15) is 0 Å². The van der Waals surface area contributed by atoms with Crippen LogP contribution in [-0.2, 0) is 4.79 Å². The molecule has 0 fully saturated rings. The topological polar surface area (TPSA) is 84.3 Å². The fourth-order valence-corrected chi connectivity index (χ4v) is 2.30. The average Bonchev–Trinajstić information content (AvgIpc) is 2.56. The molecule has 6 nitrogen and oxygen atoms in total. The highest BCUT2D eigenvalue weighted by molar-refractivity contribution is 7.80. The van der Waals surface area contributed by atoms with E-state index in [2.05, 4.69) is 10.6 Å². The number of carbonyl (C=O) groups is 1. The molecule has 128 valence electrons. The van der Waals surface area contributed by atoms with Crippen LogP contribution < -0.4 is 10.6 Å². The van der Waals surface area contributed by atoms with Crippen molar-refractivity contribution in [1.82, 2.24) is 5.32 Å². The standard InChI is InChI=1S/C18H17N3O3S/c1-12-6-7-13(2)16(10-12)19-18(25)20-17(22)9-8-14-4-3-5-15(11-14)21(23)24/h3-11H,1-2H3,(H2,19,20,22,25)/b9-8+. The summed E-state index contributed by atoms with van der Waals surface area (Å²) in [6.07, 6.45) is 2.76. The maximum Gasteiger partial charge on any atom is 0.270 e. The molecule has 0 aliphatic rings. The van der Waals surface area contributed by atoms with E-state index in [0.717, 1.165) is 16.8 Å². The molecule has 2 rings (SSSR count). The number of thiocarbonyl (C=S) groups is 1. The zero-order chi connectivity index (χ0) is 18.4.